The summed E-state index contributed by atoms with van der Waals surface area (Å²) in [6, 6.07) is 4.09. The molecule has 0 saturated carbocycles. The van der Waals surface area contributed by atoms with Crippen LogP contribution < -0.4 is 5.73 Å². The maximum absolute atomic E-state index is 5.67. The van der Waals surface area contributed by atoms with Crippen molar-refractivity contribution in [1.82, 2.24) is 4.98 Å². The van der Waals surface area contributed by atoms with E-state index >= 15 is 0 Å². The van der Waals surface area contributed by atoms with Crippen LogP contribution in [0.5, 0.6) is 0 Å². The summed E-state index contributed by atoms with van der Waals surface area (Å²) in [4.78, 5) is 4.94. The molecule has 76 valence electrons. The van der Waals surface area contributed by atoms with E-state index in [1.807, 2.05) is 12.3 Å². The SMILES string of the molecule is Cl.NC(=S)C1CCCc2cccnc21. The van der Waals surface area contributed by atoms with Gasteiger partial charge in [-0.15, -0.1) is 12.4 Å². The van der Waals surface area contributed by atoms with Gasteiger partial charge in [-0.3, -0.25) is 4.98 Å². The van der Waals surface area contributed by atoms with Gasteiger partial charge in [-0.05, 0) is 30.9 Å². The molecular formula is C10H13ClN2S. The van der Waals surface area contributed by atoms with Gasteiger partial charge in [0, 0.05) is 6.20 Å². The van der Waals surface area contributed by atoms with Crippen LogP contribution in [0.25, 0.3) is 0 Å². The average molecular weight is 229 g/mol. The molecule has 4 heteroatoms. The normalized spacial score (nSPS) is 19.3. The molecule has 2 nitrogen and oxygen atoms in total. The number of nitrogens with zero attached hydrogens (tertiary/aromatic N) is 1. The Morgan fingerprint density at radius 3 is 3.07 bits per heavy atom. The minimum atomic E-state index is 0. The van der Waals surface area contributed by atoms with Crippen molar-refractivity contribution in [3.8, 4) is 0 Å². The Balaban J connectivity index is 0.000000980. The topological polar surface area (TPSA) is 38.9 Å². The second-order valence-electron chi connectivity index (χ2n) is 3.39. The summed E-state index contributed by atoms with van der Waals surface area (Å²) in [6.45, 7) is 0. The number of nitrogens with two attached hydrogens (primary N) is 1. The molecule has 0 spiro atoms. The van der Waals surface area contributed by atoms with Gasteiger partial charge in [-0.25, -0.2) is 0 Å². The highest BCUT2D eigenvalue weighted by Gasteiger charge is 2.22. The summed E-state index contributed by atoms with van der Waals surface area (Å²) in [5.41, 5.74) is 8.08. The predicted octanol–water partition coefficient (Wildman–Crippen LogP) is 2.21. The van der Waals surface area contributed by atoms with Crippen LogP contribution in [0.3, 0.4) is 0 Å². The van der Waals surface area contributed by atoms with Gasteiger partial charge < -0.3 is 5.73 Å². The van der Waals surface area contributed by atoms with E-state index < -0.39 is 0 Å². The highest BCUT2D eigenvalue weighted by molar-refractivity contribution is 7.80. The molecule has 1 heterocycles. The lowest BCUT2D eigenvalue weighted by molar-refractivity contribution is 0.633. The maximum Gasteiger partial charge on any atom is 0.0819 e. The Morgan fingerprint density at radius 2 is 2.36 bits per heavy atom. The molecule has 0 amide bonds. The van der Waals surface area contributed by atoms with Crippen molar-refractivity contribution in [2.75, 3.05) is 0 Å². The summed E-state index contributed by atoms with van der Waals surface area (Å²) >= 11 is 5.03. The van der Waals surface area contributed by atoms with Crippen molar-refractivity contribution >= 4 is 29.6 Å². The first-order valence-electron chi connectivity index (χ1n) is 4.52. The number of aromatic nitrogens is 1. The number of rotatable bonds is 1. The van der Waals surface area contributed by atoms with E-state index in [1.165, 1.54) is 12.0 Å². The molecule has 1 aromatic rings. The molecule has 0 bridgehead atoms. The van der Waals surface area contributed by atoms with Crippen molar-refractivity contribution in [3.63, 3.8) is 0 Å². The van der Waals surface area contributed by atoms with Gasteiger partial charge in [0.15, 0.2) is 0 Å². The highest BCUT2D eigenvalue weighted by Crippen LogP contribution is 2.29. The van der Waals surface area contributed by atoms with Crippen LogP contribution in [0.4, 0.5) is 0 Å². The molecule has 0 aromatic carbocycles. The summed E-state index contributed by atoms with van der Waals surface area (Å²) in [7, 11) is 0. The van der Waals surface area contributed by atoms with Crippen LogP contribution in [0, 0.1) is 0 Å². The zero-order chi connectivity index (χ0) is 9.26. The fraction of sp³-hybridized carbons (Fsp3) is 0.400. The molecular weight excluding hydrogens is 216 g/mol. The van der Waals surface area contributed by atoms with Crippen molar-refractivity contribution < 1.29 is 0 Å². The third-order valence-corrected chi connectivity index (χ3v) is 2.82. The van der Waals surface area contributed by atoms with E-state index in [4.69, 9.17) is 18.0 Å². The van der Waals surface area contributed by atoms with Crippen molar-refractivity contribution in [2.24, 2.45) is 5.73 Å². The molecule has 1 atom stereocenters. The van der Waals surface area contributed by atoms with E-state index in [9.17, 15) is 0 Å². The van der Waals surface area contributed by atoms with E-state index in [-0.39, 0.29) is 18.3 Å². The summed E-state index contributed by atoms with van der Waals surface area (Å²) < 4.78 is 0. The standard InChI is InChI=1S/C10H12N2S.ClH/c11-10(13)8-5-1-3-7-4-2-6-12-9(7)8;/h2,4,6,8H,1,3,5H2,(H2,11,13);1H. The van der Waals surface area contributed by atoms with Crippen LogP contribution >= 0.6 is 24.6 Å². The number of thiocarbonyl (C=S) groups is 1. The fourth-order valence-electron chi connectivity index (χ4n) is 1.89. The number of fused-ring (bicyclic) bond motifs is 1. The van der Waals surface area contributed by atoms with Crippen molar-refractivity contribution in [3.05, 3.63) is 29.6 Å². The van der Waals surface area contributed by atoms with Crippen LogP contribution in [-0.2, 0) is 6.42 Å². The summed E-state index contributed by atoms with van der Waals surface area (Å²) in [5, 5.41) is 0. The third-order valence-electron chi connectivity index (χ3n) is 2.54. The zero-order valence-electron chi connectivity index (χ0n) is 7.77. The molecule has 0 saturated heterocycles. The number of hydrogen-bond acceptors (Lipinski definition) is 2. The largest absolute Gasteiger partial charge is 0.393 e. The Bertz CT molecular complexity index is 341. The van der Waals surface area contributed by atoms with Crippen LogP contribution in [-0.4, -0.2) is 9.97 Å². The van der Waals surface area contributed by atoms with E-state index in [0.29, 0.717) is 4.99 Å². The van der Waals surface area contributed by atoms with Gasteiger partial charge in [0.25, 0.3) is 0 Å². The summed E-state index contributed by atoms with van der Waals surface area (Å²) in [6.07, 6.45) is 5.15. The zero-order valence-corrected chi connectivity index (χ0v) is 9.40. The Morgan fingerprint density at radius 1 is 1.57 bits per heavy atom. The second kappa shape index (κ2) is 4.71. The lowest BCUT2D eigenvalue weighted by Crippen LogP contribution is -2.24. The van der Waals surface area contributed by atoms with E-state index in [0.717, 1.165) is 18.5 Å². The number of pyridine rings is 1. The van der Waals surface area contributed by atoms with Gasteiger partial charge in [0.2, 0.25) is 0 Å². The quantitative estimate of drug-likeness (QED) is 0.750. The van der Waals surface area contributed by atoms with Gasteiger partial charge in [-0.2, -0.15) is 0 Å². The lowest BCUT2D eigenvalue weighted by atomic mass is 9.87. The van der Waals surface area contributed by atoms with Crippen LogP contribution in [0.2, 0.25) is 0 Å². The smallest absolute Gasteiger partial charge is 0.0819 e. The maximum atomic E-state index is 5.67. The lowest BCUT2D eigenvalue weighted by Gasteiger charge is -2.22. The predicted molar refractivity (Wildman–Crippen MR) is 63.9 cm³/mol. The van der Waals surface area contributed by atoms with E-state index in [1.54, 1.807) is 0 Å². The monoisotopic (exact) mass is 228 g/mol. The van der Waals surface area contributed by atoms with Gasteiger partial charge >= 0.3 is 0 Å². The van der Waals surface area contributed by atoms with Crippen LogP contribution in [0.15, 0.2) is 18.3 Å². The molecule has 1 aliphatic rings. The van der Waals surface area contributed by atoms with Gasteiger partial charge in [-0.1, -0.05) is 18.3 Å². The minimum Gasteiger partial charge on any atom is -0.393 e. The first-order valence-corrected chi connectivity index (χ1v) is 4.93. The van der Waals surface area contributed by atoms with Crippen molar-refractivity contribution in [1.29, 1.82) is 0 Å². The minimum absolute atomic E-state index is 0. The molecule has 0 aliphatic heterocycles. The average Bonchev–Trinajstić information content (AvgIpc) is 2.17. The molecule has 2 rings (SSSR count). The Labute approximate surface area is 95.3 Å². The highest BCUT2D eigenvalue weighted by atomic mass is 35.5. The first-order chi connectivity index (χ1) is 6.29. The molecule has 1 aromatic heterocycles. The van der Waals surface area contributed by atoms with E-state index in [2.05, 4.69) is 11.1 Å². The molecule has 14 heavy (non-hydrogen) atoms. The Hall–Kier alpha value is -0.670. The van der Waals surface area contributed by atoms with Crippen molar-refractivity contribution in [2.45, 2.75) is 25.2 Å². The Kier molecular flexibility index (Phi) is 3.84. The third kappa shape index (κ3) is 2.04. The molecule has 0 fully saturated rings. The number of hydrogen-bond donors (Lipinski definition) is 1. The fourth-order valence-corrected chi connectivity index (χ4v) is 2.12. The molecule has 0 radical (unpaired) electrons. The summed E-state index contributed by atoms with van der Waals surface area (Å²) in [5.74, 6) is 0.208. The molecule has 1 unspecified atom stereocenters. The molecule has 2 N–H and O–H groups in total. The number of aryl methyl sites for hydroxylation is 1. The van der Waals surface area contributed by atoms with Crippen LogP contribution in [0.1, 0.15) is 30.0 Å². The van der Waals surface area contributed by atoms with Gasteiger partial charge in [0.05, 0.1) is 16.6 Å². The number of halogens is 1. The second-order valence-corrected chi connectivity index (χ2v) is 3.87. The first kappa shape index (κ1) is 11.4. The molecule has 1 aliphatic carbocycles. The van der Waals surface area contributed by atoms with Gasteiger partial charge in [0.1, 0.15) is 0 Å².